The highest BCUT2D eigenvalue weighted by Gasteiger charge is 2.41. The Labute approximate surface area is 189 Å². The molecular weight excluding hydrogens is 437 g/mol. The zero-order valence-corrected chi connectivity index (χ0v) is 17.9. The fraction of sp³-hybridized carbons (Fsp3) is 0.455. The van der Waals surface area contributed by atoms with Gasteiger partial charge in [0.15, 0.2) is 0 Å². The van der Waals surface area contributed by atoms with Gasteiger partial charge in [-0.05, 0) is 30.5 Å². The van der Waals surface area contributed by atoms with E-state index in [1.807, 2.05) is 24.3 Å². The molecule has 1 aromatic heterocycles. The molecule has 2 aliphatic rings. The number of aromatic nitrogens is 2. The normalized spacial score (nSPS) is 19.3. The summed E-state index contributed by atoms with van der Waals surface area (Å²) in [5.74, 6) is -1.40. The Kier molecular flexibility index (Phi) is 6.66. The highest BCUT2D eigenvalue weighted by atomic mass is 19.4. The molecule has 1 aromatic carbocycles. The van der Waals surface area contributed by atoms with Crippen LogP contribution in [-0.2, 0) is 16.1 Å². The number of carbonyl (C=O) groups is 2. The number of rotatable bonds is 6. The fourth-order valence-corrected chi connectivity index (χ4v) is 3.95. The number of anilines is 3. The van der Waals surface area contributed by atoms with E-state index in [2.05, 4.69) is 25.9 Å². The first-order valence-electron chi connectivity index (χ1n) is 10.8. The molecule has 4 rings (SSSR count). The van der Waals surface area contributed by atoms with Crippen molar-refractivity contribution in [2.75, 3.05) is 29.9 Å². The highest BCUT2D eigenvalue weighted by molar-refractivity contribution is 5.89. The average Bonchev–Trinajstić information content (AvgIpc) is 3.25. The molecule has 1 atom stereocenters. The lowest BCUT2D eigenvalue weighted by Gasteiger charge is -2.32. The molecule has 3 N–H and O–H groups in total. The van der Waals surface area contributed by atoms with E-state index in [9.17, 15) is 22.8 Å². The van der Waals surface area contributed by atoms with Crippen LogP contribution in [0.5, 0.6) is 0 Å². The number of benzene rings is 1. The number of hydrogen-bond acceptors (Lipinski definition) is 6. The second kappa shape index (κ2) is 9.63. The second-order valence-corrected chi connectivity index (χ2v) is 8.32. The standard InChI is InChI=1S/C22H25F3N6O2/c23-22(24,25)16-5-7-31(8-6-16)21-28-12-18(13-29-21)30-17-3-1-14(2-4-17)10-27-20(33)15-9-19(32)26-11-15/h1-4,12-13,15-16,30H,5-11H2,(H,26,32)(H,27,33). The fourth-order valence-electron chi connectivity index (χ4n) is 3.95. The van der Waals surface area contributed by atoms with Crippen molar-refractivity contribution in [1.29, 1.82) is 0 Å². The summed E-state index contributed by atoms with van der Waals surface area (Å²) in [6.45, 7) is 1.30. The summed E-state index contributed by atoms with van der Waals surface area (Å²) in [6.07, 6.45) is -0.617. The first-order valence-corrected chi connectivity index (χ1v) is 10.8. The van der Waals surface area contributed by atoms with Crippen LogP contribution in [-0.4, -0.2) is 47.6 Å². The van der Waals surface area contributed by atoms with E-state index < -0.39 is 12.1 Å². The van der Waals surface area contributed by atoms with Crippen LogP contribution >= 0.6 is 0 Å². The molecule has 2 fully saturated rings. The molecule has 11 heteroatoms. The first kappa shape index (κ1) is 22.8. The minimum Gasteiger partial charge on any atom is -0.355 e. The Bertz CT molecular complexity index is 973. The lowest BCUT2D eigenvalue weighted by Crippen LogP contribution is -2.39. The Morgan fingerprint density at radius 1 is 1.09 bits per heavy atom. The van der Waals surface area contributed by atoms with Crippen molar-refractivity contribution in [2.45, 2.75) is 32.0 Å². The van der Waals surface area contributed by atoms with Gasteiger partial charge in [0.1, 0.15) is 0 Å². The largest absolute Gasteiger partial charge is 0.391 e. The van der Waals surface area contributed by atoms with E-state index in [1.165, 1.54) is 0 Å². The molecule has 8 nitrogen and oxygen atoms in total. The number of nitrogens with one attached hydrogen (secondary N) is 3. The number of halogens is 3. The maximum Gasteiger partial charge on any atom is 0.391 e. The van der Waals surface area contributed by atoms with Gasteiger partial charge in [-0.15, -0.1) is 0 Å². The molecule has 0 aliphatic carbocycles. The summed E-state index contributed by atoms with van der Waals surface area (Å²) >= 11 is 0. The number of piperidine rings is 1. The smallest absolute Gasteiger partial charge is 0.355 e. The van der Waals surface area contributed by atoms with E-state index >= 15 is 0 Å². The SMILES string of the molecule is O=C1CC(C(=O)NCc2ccc(Nc3cnc(N4CCC(C(F)(F)F)CC4)nc3)cc2)CN1. The first-order chi connectivity index (χ1) is 15.8. The van der Waals surface area contributed by atoms with Gasteiger partial charge in [0.05, 0.1) is 29.9 Å². The van der Waals surface area contributed by atoms with Crippen LogP contribution in [0.25, 0.3) is 0 Å². The predicted octanol–water partition coefficient (Wildman–Crippen LogP) is 2.75. The summed E-state index contributed by atoms with van der Waals surface area (Å²) in [6, 6.07) is 7.47. The van der Waals surface area contributed by atoms with Crippen molar-refractivity contribution in [3.63, 3.8) is 0 Å². The van der Waals surface area contributed by atoms with Gasteiger partial charge >= 0.3 is 6.18 Å². The Hall–Kier alpha value is -3.37. The Balaban J connectivity index is 1.25. The summed E-state index contributed by atoms with van der Waals surface area (Å²) in [7, 11) is 0. The summed E-state index contributed by atoms with van der Waals surface area (Å²) < 4.78 is 38.5. The highest BCUT2D eigenvalue weighted by Crippen LogP contribution is 2.34. The van der Waals surface area contributed by atoms with Crippen molar-refractivity contribution < 1.29 is 22.8 Å². The van der Waals surface area contributed by atoms with Crippen molar-refractivity contribution in [2.24, 2.45) is 11.8 Å². The zero-order chi connectivity index (χ0) is 23.4. The van der Waals surface area contributed by atoms with Crippen molar-refractivity contribution in [3.8, 4) is 0 Å². The third-order valence-electron chi connectivity index (χ3n) is 5.94. The van der Waals surface area contributed by atoms with Gasteiger partial charge in [-0.25, -0.2) is 9.97 Å². The maximum atomic E-state index is 12.8. The summed E-state index contributed by atoms with van der Waals surface area (Å²) in [5, 5.41) is 8.66. The lowest BCUT2D eigenvalue weighted by atomic mass is 9.96. The maximum absolute atomic E-state index is 12.8. The van der Waals surface area contributed by atoms with Gasteiger partial charge in [0.2, 0.25) is 17.8 Å². The van der Waals surface area contributed by atoms with Crippen molar-refractivity contribution >= 4 is 29.1 Å². The van der Waals surface area contributed by atoms with E-state index in [1.54, 1.807) is 17.3 Å². The van der Waals surface area contributed by atoms with Crippen LogP contribution in [0.3, 0.4) is 0 Å². The van der Waals surface area contributed by atoms with Crippen LogP contribution in [0.4, 0.5) is 30.5 Å². The lowest BCUT2D eigenvalue weighted by molar-refractivity contribution is -0.179. The number of amides is 2. The molecule has 1 unspecified atom stereocenters. The van der Waals surface area contributed by atoms with Crippen LogP contribution < -0.4 is 20.9 Å². The van der Waals surface area contributed by atoms with Gasteiger partial charge < -0.3 is 20.9 Å². The molecule has 2 saturated heterocycles. The predicted molar refractivity (Wildman–Crippen MR) is 116 cm³/mol. The minimum absolute atomic E-state index is 0.0509. The minimum atomic E-state index is -4.14. The molecule has 0 spiro atoms. The van der Waals surface area contributed by atoms with Crippen LogP contribution in [0.2, 0.25) is 0 Å². The van der Waals surface area contributed by atoms with E-state index in [0.717, 1.165) is 11.3 Å². The molecule has 176 valence electrons. The van der Waals surface area contributed by atoms with Crippen LogP contribution in [0.1, 0.15) is 24.8 Å². The van der Waals surface area contributed by atoms with Crippen LogP contribution in [0, 0.1) is 11.8 Å². The second-order valence-electron chi connectivity index (χ2n) is 8.32. The van der Waals surface area contributed by atoms with E-state index in [4.69, 9.17) is 0 Å². The molecule has 2 amide bonds. The Morgan fingerprint density at radius 2 is 1.76 bits per heavy atom. The molecule has 33 heavy (non-hydrogen) atoms. The van der Waals surface area contributed by atoms with Gasteiger partial charge in [-0.1, -0.05) is 12.1 Å². The van der Waals surface area contributed by atoms with Crippen molar-refractivity contribution in [1.82, 2.24) is 20.6 Å². The topological polar surface area (TPSA) is 99.2 Å². The molecule has 3 heterocycles. The van der Waals surface area contributed by atoms with Gasteiger partial charge in [-0.2, -0.15) is 13.2 Å². The molecule has 0 bridgehead atoms. The average molecular weight is 462 g/mol. The molecule has 2 aliphatic heterocycles. The van der Waals surface area contributed by atoms with E-state index in [0.29, 0.717) is 24.7 Å². The Morgan fingerprint density at radius 3 is 2.33 bits per heavy atom. The summed E-state index contributed by atoms with van der Waals surface area (Å²) in [4.78, 5) is 33.7. The summed E-state index contributed by atoms with van der Waals surface area (Å²) in [5.41, 5.74) is 2.38. The molecular formula is C22H25F3N6O2. The van der Waals surface area contributed by atoms with Crippen LogP contribution in [0.15, 0.2) is 36.7 Å². The van der Waals surface area contributed by atoms with Gasteiger partial charge in [0.25, 0.3) is 0 Å². The monoisotopic (exact) mass is 462 g/mol. The quantitative estimate of drug-likeness (QED) is 0.611. The zero-order valence-electron chi connectivity index (χ0n) is 17.9. The van der Waals surface area contributed by atoms with Crippen molar-refractivity contribution in [3.05, 3.63) is 42.2 Å². The molecule has 0 saturated carbocycles. The number of hydrogen-bond donors (Lipinski definition) is 3. The third kappa shape index (κ3) is 5.91. The third-order valence-corrected chi connectivity index (χ3v) is 5.94. The van der Waals surface area contributed by atoms with E-state index in [-0.39, 0.29) is 50.1 Å². The number of alkyl halides is 3. The number of nitrogens with zero attached hydrogens (tertiary/aromatic N) is 3. The molecule has 2 aromatic rings. The van der Waals surface area contributed by atoms with Gasteiger partial charge in [0, 0.05) is 38.3 Å². The van der Waals surface area contributed by atoms with Gasteiger partial charge in [-0.3, -0.25) is 9.59 Å². The number of carbonyl (C=O) groups excluding carboxylic acids is 2. The molecule has 0 radical (unpaired) electrons.